The van der Waals surface area contributed by atoms with Gasteiger partial charge in [-0.1, -0.05) is 24.3 Å². The Bertz CT molecular complexity index is 363. The van der Waals surface area contributed by atoms with E-state index in [0.717, 1.165) is 12.0 Å². The van der Waals surface area contributed by atoms with Gasteiger partial charge in [0.05, 0.1) is 0 Å². The van der Waals surface area contributed by atoms with Crippen LogP contribution in [-0.4, -0.2) is 30.3 Å². The lowest BCUT2D eigenvalue weighted by molar-refractivity contribution is -0.116. The first-order valence-electron chi connectivity index (χ1n) is 6.53. The van der Waals surface area contributed by atoms with E-state index >= 15 is 0 Å². The predicted molar refractivity (Wildman–Crippen MR) is 70.2 cm³/mol. The van der Waals surface area contributed by atoms with Crippen LogP contribution in [0.2, 0.25) is 0 Å². The first-order valence-corrected chi connectivity index (χ1v) is 6.53. The van der Waals surface area contributed by atoms with Crippen molar-refractivity contribution in [3.05, 3.63) is 35.4 Å². The molecule has 2 nitrogen and oxygen atoms in total. The van der Waals surface area contributed by atoms with E-state index in [4.69, 9.17) is 0 Å². The summed E-state index contributed by atoms with van der Waals surface area (Å²) in [6, 6.07) is 8.49. The highest BCUT2D eigenvalue weighted by Crippen LogP contribution is 2.10. The highest BCUT2D eigenvalue weighted by atomic mass is 16.1. The van der Waals surface area contributed by atoms with Gasteiger partial charge in [0.25, 0.3) is 0 Å². The zero-order chi connectivity index (χ0) is 12.1. The lowest BCUT2D eigenvalue weighted by Gasteiger charge is -2.14. The van der Waals surface area contributed by atoms with E-state index in [9.17, 15) is 4.79 Å². The number of hydrogen-bond donors (Lipinski definition) is 0. The number of benzene rings is 1. The van der Waals surface area contributed by atoms with Crippen LogP contribution in [0.25, 0.3) is 0 Å². The van der Waals surface area contributed by atoms with Crippen molar-refractivity contribution in [3.63, 3.8) is 0 Å². The molecule has 17 heavy (non-hydrogen) atoms. The van der Waals surface area contributed by atoms with Crippen molar-refractivity contribution in [3.8, 4) is 0 Å². The molecule has 1 aromatic rings. The van der Waals surface area contributed by atoms with Crippen molar-refractivity contribution in [1.29, 1.82) is 0 Å². The van der Waals surface area contributed by atoms with Gasteiger partial charge < -0.3 is 4.90 Å². The van der Waals surface area contributed by atoms with Gasteiger partial charge in [0.2, 0.25) is 0 Å². The monoisotopic (exact) mass is 231 g/mol. The van der Waals surface area contributed by atoms with Crippen LogP contribution in [0.4, 0.5) is 0 Å². The Morgan fingerprint density at radius 1 is 1.12 bits per heavy atom. The molecule has 0 N–H and O–H groups in total. The Hall–Kier alpha value is -1.15. The van der Waals surface area contributed by atoms with Crippen molar-refractivity contribution < 1.29 is 4.79 Å². The second-order valence-electron chi connectivity index (χ2n) is 4.99. The second-order valence-corrected chi connectivity index (χ2v) is 4.99. The summed E-state index contributed by atoms with van der Waals surface area (Å²) in [6.45, 7) is 5.35. The molecule has 2 rings (SSSR count). The minimum atomic E-state index is 0.231. The molecule has 0 amide bonds. The number of hydrogen-bond acceptors (Lipinski definition) is 2. The molecule has 0 aromatic heterocycles. The number of Topliss-reactive ketones (excluding diaryl/α,β-unsaturated/α-hetero) is 1. The normalized spacial score (nSPS) is 16.3. The number of nitrogens with zero attached hydrogens (tertiary/aromatic N) is 1. The van der Waals surface area contributed by atoms with Crippen LogP contribution in [0.15, 0.2) is 24.3 Å². The molecule has 0 atom stereocenters. The Labute approximate surface area is 104 Å². The summed E-state index contributed by atoms with van der Waals surface area (Å²) in [7, 11) is 0. The molecule has 1 saturated heterocycles. The van der Waals surface area contributed by atoms with Gasteiger partial charge in [-0.2, -0.15) is 0 Å². The molecule has 2 heteroatoms. The molecule has 0 spiro atoms. The molecule has 0 radical (unpaired) electrons. The summed E-state index contributed by atoms with van der Waals surface area (Å²) in [4.78, 5) is 13.5. The molecule has 0 saturated carbocycles. The van der Waals surface area contributed by atoms with Gasteiger partial charge in [0, 0.05) is 13.0 Å². The molecule has 1 aliphatic heterocycles. The van der Waals surface area contributed by atoms with E-state index < -0.39 is 0 Å². The summed E-state index contributed by atoms with van der Waals surface area (Å²) >= 11 is 0. The van der Waals surface area contributed by atoms with Gasteiger partial charge in [-0.05, 0) is 50.4 Å². The van der Waals surface area contributed by atoms with E-state index in [2.05, 4.69) is 29.2 Å². The molecule has 0 bridgehead atoms. The quantitative estimate of drug-likeness (QED) is 0.776. The van der Waals surface area contributed by atoms with Crippen molar-refractivity contribution in [2.24, 2.45) is 0 Å². The molecule has 1 heterocycles. The molecule has 1 aromatic carbocycles. The summed E-state index contributed by atoms with van der Waals surface area (Å²) in [5.41, 5.74) is 2.51. The fourth-order valence-electron chi connectivity index (χ4n) is 2.40. The SMILES string of the molecule is CC(=O)Cc1ccc(CCN2CCCC2)cc1. The molecule has 0 unspecified atom stereocenters. The maximum absolute atomic E-state index is 11.0. The van der Waals surface area contributed by atoms with Crippen LogP contribution < -0.4 is 0 Å². The van der Waals surface area contributed by atoms with Gasteiger partial charge >= 0.3 is 0 Å². The lowest BCUT2D eigenvalue weighted by atomic mass is 10.1. The Morgan fingerprint density at radius 3 is 2.29 bits per heavy atom. The van der Waals surface area contributed by atoms with Crippen molar-refractivity contribution in [2.75, 3.05) is 19.6 Å². The first kappa shape index (κ1) is 12.3. The smallest absolute Gasteiger partial charge is 0.134 e. The highest BCUT2D eigenvalue weighted by molar-refractivity contribution is 5.78. The van der Waals surface area contributed by atoms with Crippen LogP contribution in [-0.2, 0) is 17.6 Å². The minimum absolute atomic E-state index is 0.231. The largest absolute Gasteiger partial charge is 0.303 e. The summed E-state index contributed by atoms with van der Waals surface area (Å²) in [5, 5.41) is 0. The van der Waals surface area contributed by atoms with Gasteiger partial charge in [0.1, 0.15) is 5.78 Å². The van der Waals surface area contributed by atoms with Crippen LogP contribution in [0.5, 0.6) is 0 Å². The molecule has 92 valence electrons. The van der Waals surface area contributed by atoms with Gasteiger partial charge in [-0.15, -0.1) is 0 Å². The average Bonchev–Trinajstić information content (AvgIpc) is 2.80. The summed E-state index contributed by atoms with van der Waals surface area (Å²) < 4.78 is 0. The third-order valence-corrected chi connectivity index (χ3v) is 3.39. The van der Waals surface area contributed by atoms with Gasteiger partial charge in [0.15, 0.2) is 0 Å². The van der Waals surface area contributed by atoms with Crippen LogP contribution in [0.1, 0.15) is 30.9 Å². The number of rotatable bonds is 5. The maximum atomic E-state index is 11.0. The Kier molecular flexibility index (Phi) is 4.32. The predicted octanol–water partition coefficient (Wildman–Crippen LogP) is 2.46. The van der Waals surface area contributed by atoms with E-state index in [1.807, 2.05) is 0 Å². The highest BCUT2D eigenvalue weighted by Gasteiger charge is 2.10. The van der Waals surface area contributed by atoms with E-state index in [-0.39, 0.29) is 5.78 Å². The fraction of sp³-hybridized carbons (Fsp3) is 0.533. The minimum Gasteiger partial charge on any atom is -0.303 e. The lowest BCUT2D eigenvalue weighted by Crippen LogP contribution is -2.21. The zero-order valence-corrected chi connectivity index (χ0v) is 10.6. The first-order chi connectivity index (χ1) is 8.24. The van der Waals surface area contributed by atoms with Gasteiger partial charge in [-0.25, -0.2) is 0 Å². The van der Waals surface area contributed by atoms with Gasteiger partial charge in [-0.3, -0.25) is 4.79 Å². The third-order valence-electron chi connectivity index (χ3n) is 3.39. The van der Waals surface area contributed by atoms with E-state index in [1.165, 1.54) is 38.0 Å². The molecular weight excluding hydrogens is 210 g/mol. The molecular formula is C15H21NO. The zero-order valence-electron chi connectivity index (χ0n) is 10.6. The molecule has 1 fully saturated rings. The standard InChI is InChI=1S/C15H21NO/c1-13(17)12-15-6-4-14(5-7-15)8-11-16-9-2-3-10-16/h4-7H,2-3,8-12H2,1H3. The van der Waals surface area contributed by atoms with Crippen molar-refractivity contribution in [2.45, 2.75) is 32.6 Å². The number of carbonyl (C=O) groups excluding carboxylic acids is 1. The average molecular weight is 231 g/mol. The van der Waals surface area contributed by atoms with Crippen LogP contribution >= 0.6 is 0 Å². The summed E-state index contributed by atoms with van der Waals surface area (Å²) in [5.74, 6) is 0.231. The van der Waals surface area contributed by atoms with Crippen molar-refractivity contribution in [1.82, 2.24) is 4.90 Å². The van der Waals surface area contributed by atoms with E-state index in [1.54, 1.807) is 6.92 Å². The van der Waals surface area contributed by atoms with Crippen LogP contribution in [0.3, 0.4) is 0 Å². The van der Waals surface area contributed by atoms with Crippen LogP contribution in [0, 0.1) is 0 Å². The molecule has 0 aliphatic carbocycles. The summed E-state index contributed by atoms with van der Waals surface area (Å²) in [6.07, 6.45) is 4.40. The maximum Gasteiger partial charge on any atom is 0.134 e. The Balaban J connectivity index is 1.82. The number of carbonyl (C=O) groups is 1. The number of likely N-dealkylation sites (tertiary alicyclic amines) is 1. The third kappa shape index (κ3) is 3.97. The second kappa shape index (κ2) is 5.97. The fourth-order valence-corrected chi connectivity index (χ4v) is 2.40. The number of ketones is 1. The molecule has 1 aliphatic rings. The van der Waals surface area contributed by atoms with E-state index in [0.29, 0.717) is 6.42 Å². The van der Waals surface area contributed by atoms with Crippen molar-refractivity contribution >= 4 is 5.78 Å². The topological polar surface area (TPSA) is 20.3 Å². The Morgan fingerprint density at radius 2 is 1.71 bits per heavy atom.